The van der Waals surface area contributed by atoms with Gasteiger partial charge in [0.05, 0.1) is 23.7 Å². The SMILES string of the molecule is O=S1(=O)CC(N2Cc3cc(Cl)ccc3-n3c(nnc3C3CCN(c4ccc(C(F)(F)F)c(F)n4)CC3)C2)C1. The van der Waals surface area contributed by atoms with Crippen LogP contribution in [0.15, 0.2) is 30.3 Å². The van der Waals surface area contributed by atoms with E-state index in [1.807, 2.05) is 16.7 Å². The molecule has 5 heterocycles. The van der Waals surface area contributed by atoms with Crippen molar-refractivity contribution >= 4 is 27.3 Å². The maximum absolute atomic E-state index is 14.0. The molecule has 14 heteroatoms. The first-order chi connectivity index (χ1) is 18.0. The Morgan fingerprint density at radius 1 is 1.00 bits per heavy atom. The van der Waals surface area contributed by atoms with Gasteiger partial charge in [0.15, 0.2) is 15.7 Å². The highest BCUT2D eigenvalue weighted by Crippen LogP contribution is 2.36. The molecule has 0 saturated carbocycles. The highest BCUT2D eigenvalue weighted by atomic mass is 35.5. The third kappa shape index (κ3) is 4.64. The van der Waals surface area contributed by atoms with Gasteiger partial charge in [0, 0.05) is 36.6 Å². The van der Waals surface area contributed by atoms with Gasteiger partial charge in [0.1, 0.15) is 17.2 Å². The van der Waals surface area contributed by atoms with E-state index in [0.29, 0.717) is 49.9 Å². The van der Waals surface area contributed by atoms with Crippen LogP contribution in [0, 0.1) is 5.95 Å². The number of benzene rings is 1. The Hall–Kier alpha value is -2.77. The second kappa shape index (κ2) is 9.16. The molecule has 0 N–H and O–H groups in total. The van der Waals surface area contributed by atoms with E-state index in [1.54, 1.807) is 11.0 Å². The lowest BCUT2D eigenvalue weighted by molar-refractivity contribution is -0.140. The summed E-state index contributed by atoms with van der Waals surface area (Å²) in [6.07, 6.45) is -3.55. The predicted molar refractivity (Wildman–Crippen MR) is 131 cm³/mol. The van der Waals surface area contributed by atoms with Crippen LogP contribution in [0.4, 0.5) is 23.4 Å². The summed E-state index contributed by atoms with van der Waals surface area (Å²) in [5.74, 6) is 0.337. The first-order valence-corrected chi connectivity index (χ1v) is 14.3. The summed E-state index contributed by atoms with van der Waals surface area (Å²) in [5.41, 5.74) is 0.459. The van der Waals surface area contributed by atoms with Crippen molar-refractivity contribution in [2.24, 2.45) is 0 Å². The largest absolute Gasteiger partial charge is 0.420 e. The van der Waals surface area contributed by atoms with E-state index in [2.05, 4.69) is 20.1 Å². The Bertz CT molecular complexity index is 1490. The number of aromatic nitrogens is 4. The lowest BCUT2D eigenvalue weighted by Gasteiger charge is -2.35. The number of anilines is 1. The van der Waals surface area contributed by atoms with Gasteiger partial charge in [0.25, 0.3) is 0 Å². The Morgan fingerprint density at radius 2 is 1.74 bits per heavy atom. The zero-order valence-electron chi connectivity index (χ0n) is 20.0. The van der Waals surface area contributed by atoms with Crippen LogP contribution in [0.2, 0.25) is 5.02 Å². The smallest absolute Gasteiger partial charge is 0.356 e. The van der Waals surface area contributed by atoms with E-state index >= 15 is 0 Å². The summed E-state index contributed by atoms with van der Waals surface area (Å²) in [7, 11) is -3.01. The number of fused-ring (bicyclic) bond motifs is 3. The molecule has 202 valence electrons. The van der Waals surface area contributed by atoms with Crippen molar-refractivity contribution in [3.8, 4) is 5.69 Å². The molecule has 1 aromatic carbocycles. The van der Waals surface area contributed by atoms with E-state index < -0.39 is 27.5 Å². The summed E-state index contributed by atoms with van der Waals surface area (Å²) < 4.78 is 78.4. The number of hydrogen-bond acceptors (Lipinski definition) is 7. The number of nitrogens with zero attached hydrogens (tertiary/aromatic N) is 6. The van der Waals surface area contributed by atoms with Gasteiger partial charge in [-0.25, -0.2) is 13.4 Å². The van der Waals surface area contributed by atoms with E-state index in [-0.39, 0.29) is 29.3 Å². The normalized spacial score (nSPS) is 20.5. The quantitative estimate of drug-likeness (QED) is 0.348. The van der Waals surface area contributed by atoms with Gasteiger partial charge >= 0.3 is 6.18 Å². The zero-order chi connectivity index (χ0) is 26.8. The maximum atomic E-state index is 14.0. The molecule has 2 aromatic heterocycles. The topological polar surface area (TPSA) is 84.2 Å². The molecular weight excluding hydrogens is 548 g/mol. The molecule has 0 bridgehead atoms. The monoisotopic (exact) mass is 570 g/mol. The molecule has 3 aromatic rings. The van der Waals surface area contributed by atoms with Gasteiger partial charge in [-0.15, -0.1) is 10.2 Å². The van der Waals surface area contributed by atoms with E-state index in [0.717, 1.165) is 23.1 Å². The van der Waals surface area contributed by atoms with Crippen molar-refractivity contribution in [1.29, 1.82) is 0 Å². The van der Waals surface area contributed by atoms with Gasteiger partial charge in [-0.05, 0) is 48.7 Å². The number of alkyl halides is 3. The van der Waals surface area contributed by atoms with Crippen molar-refractivity contribution in [2.75, 3.05) is 29.5 Å². The third-order valence-corrected chi connectivity index (χ3v) is 9.51. The standard InChI is InChI=1S/C24H23ClF4N6O2S/c25-16-1-3-19-15(9-16)10-34(17-12-38(36,37)13-17)11-21-31-32-23(35(19)21)14-5-7-33(8-6-14)20-4-2-18(22(26)30-20)24(27,28)29/h1-4,9,14,17H,5-8,10-13H2. The minimum Gasteiger partial charge on any atom is -0.356 e. The summed E-state index contributed by atoms with van der Waals surface area (Å²) in [4.78, 5) is 7.43. The lowest BCUT2D eigenvalue weighted by Crippen LogP contribution is -2.52. The van der Waals surface area contributed by atoms with Crippen LogP contribution in [0.3, 0.4) is 0 Å². The van der Waals surface area contributed by atoms with Crippen LogP contribution in [-0.2, 0) is 29.1 Å². The molecule has 3 aliphatic rings. The molecule has 0 unspecified atom stereocenters. The Balaban J connectivity index is 1.25. The van der Waals surface area contributed by atoms with Crippen molar-refractivity contribution in [3.63, 3.8) is 0 Å². The average molecular weight is 571 g/mol. The fourth-order valence-corrected chi connectivity index (χ4v) is 7.19. The van der Waals surface area contributed by atoms with Crippen molar-refractivity contribution in [2.45, 2.75) is 44.1 Å². The molecule has 0 radical (unpaired) electrons. The van der Waals surface area contributed by atoms with Gasteiger partial charge in [-0.1, -0.05) is 11.6 Å². The summed E-state index contributed by atoms with van der Waals surface area (Å²) >= 11 is 6.30. The van der Waals surface area contributed by atoms with Crippen LogP contribution < -0.4 is 4.90 Å². The summed E-state index contributed by atoms with van der Waals surface area (Å²) in [6.45, 7) is 1.89. The highest BCUT2D eigenvalue weighted by Gasteiger charge is 2.40. The average Bonchev–Trinajstić information content (AvgIpc) is 3.17. The number of sulfone groups is 1. The highest BCUT2D eigenvalue weighted by molar-refractivity contribution is 7.92. The molecule has 3 aliphatic heterocycles. The summed E-state index contributed by atoms with van der Waals surface area (Å²) in [6, 6.07) is 7.42. The Morgan fingerprint density at radius 3 is 2.39 bits per heavy atom. The zero-order valence-corrected chi connectivity index (χ0v) is 21.6. The fraction of sp³-hybridized carbons (Fsp3) is 0.458. The first kappa shape index (κ1) is 25.5. The number of halogens is 5. The number of pyridine rings is 1. The number of piperidine rings is 1. The van der Waals surface area contributed by atoms with E-state index in [9.17, 15) is 26.0 Å². The number of hydrogen-bond donors (Lipinski definition) is 0. The molecule has 8 nitrogen and oxygen atoms in total. The predicted octanol–water partition coefficient (Wildman–Crippen LogP) is 3.97. The molecule has 6 rings (SSSR count). The van der Waals surface area contributed by atoms with Crippen LogP contribution in [0.5, 0.6) is 0 Å². The number of rotatable bonds is 3. The molecule has 0 atom stereocenters. The van der Waals surface area contributed by atoms with Crippen LogP contribution >= 0.6 is 11.6 Å². The minimum absolute atomic E-state index is 0.00551. The molecule has 0 amide bonds. The van der Waals surface area contributed by atoms with Crippen molar-refractivity contribution in [1.82, 2.24) is 24.6 Å². The second-order valence-electron chi connectivity index (χ2n) is 9.99. The van der Waals surface area contributed by atoms with E-state index in [1.165, 1.54) is 6.07 Å². The lowest BCUT2D eigenvalue weighted by atomic mass is 9.95. The van der Waals surface area contributed by atoms with Crippen molar-refractivity contribution < 1.29 is 26.0 Å². The van der Waals surface area contributed by atoms with E-state index in [4.69, 9.17) is 11.6 Å². The van der Waals surface area contributed by atoms with Gasteiger partial charge in [-0.3, -0.25) is 9.47 Å². The Kier molecular flexibility index (Phi) is 6.15. The first-order valence-electron chi connectivity index (χ1n) is 12.1. The van der Waals surface area contributed by atoms with Gasteiger partial charge < -0.3 is 4.90 Å². The van der Waals surface area contributed by atoms with Gasteiger partial charge in [-0.2, -0.15) is 17.6 Å². The van der Waals surface area contributed by atoms with Crippen LogP contribution in [0.25, 0.3) is 5.69 Å². The second-order valence-corrected chi connectivity index (χ2v) is 12.6. The molecule has 0 spiro atoms. The Labute approximate surface area is 221 Å². The fourth-order valence-electron chi connectivity index (χ4n) is 5.50. The van der Waals surface area contributed by atoms with Crippen LogP contribution in [-0.4, -0.2) is 63.7 Å². The summed E-state index contributed by atoms with van der Waals surface area (Å²) in [5, 5.41) is 9.56. The minimum atomic E-state index is -4.79. The van der Waals surface area contributed by atoms with Gasteiger partial charge in [0.2, 0.25) is 5.95 Å². The molecule has 0 aliphatic carbocycles. The maximum Gasteiger partial charge on any atom is 0.420 e. The third-order valence-electron chi connectivity index (χ3n) is 7.49. The molecular formula is C24H23ClF4N6O2S. The molecule has 38 heavy (non-hydrogen) atoms. The molecule has 2 saturated heterocycles. The van der Waals surface area contributed by atoms with Crippen LogP contribution in [0.1, 0.15) is 41.5 Å². The van der Waals surface area contributed by atoms with Crippen molar-refractivity contribution in [3.05, 3.63) is 64.1 Å². The molecule has 2 fully saturated rings.